The first-order valence-electron chi connectivity index (χ1n) is 6.84. The average Bonchev–Trinajstić information content (AvgIpc) is 2.78. The molecular weight excluding hydrogens is 281 g/mol. The summed E-state index contributed by atoms with van der Waals surface area (Å²) in [7, 11) is 0. The molecule has 1 aromatic rings. The van der Waals surface area contributed by atoms with Crippen LogP contribution in [0.5, 0.6) is 0 Å². The van der Waals surface area contributed by atoms with Gasteiger partial charge in [0, 0.05) is 37.9 Å². The maximum atomic E-state index is 13.5. The number of hydrogen-bond acceptors (Lipinski definition) is 3. The fraction of sp³-hybridized carbons (Fsp3) is 0.500. The van der Waals surface area contributed by atoms with Gasteiger partial charge >= 0.3 is 0 Å². The second kappa shape index (κ2) is 5.58. The monoisotopic (exact) mass is 297 g/mol. The molecule has 0 spiro atoms. The minimum Gasteiger partial charge on any atom is -0.369 e. The number of anilines is 1. The smallest absolute Gasteiger partial charge is 0.225 e. The average molecular weight is 298 g/mol. The summed E-state index contributed by atoms with van der Waals surface area (Å²) in [6.45, 7) is 3.07. The predicted molar refractivity (Wildman–Crippen MR) is 76.5 cm³/mol. The Kier molecular flexibility index (Phi) is 3.81. The highest BCUT2D eigenvalue weighted by molar-refractivity contribution is 6.30. The Balaban J connectivity index is 1.58. The van der Waals surface area contributed by atoms with E-state index in [0.717, 1.165) is 31.7 Å². The molecule has 0 radical (unpaired) electrons. The second-order valence-corrected chi connectivity index (χ2v) is 5.80. The van der Waals surface area contributed by atoms with E-state index in [1.807, 2.05) is 6.07 Å². The van der Waals surface area contributed by atoms with Crippen molar-refractivity contribution in [1.29, 1.82) is 0 Å². The van der Waals surface area contributed by atoms with Crippen molar-refractivity contribution in [2.45, 2.75) is 12.5 Å². The quantitative estimate of drug-likeness (QED) is 0.886. The van der Waals surface area contributed by atoms with Crippen LogP contribution in [0.15, 0.2) is 18.2 Å². The SMILES string of the molecule is O=C(NC1CCN(c2ccc(Cl)c(F)c2)C1)C1CNC1. The number of benzene rings is 1. The van der Waals surface area contributed by atoms with Gasteiger partial charge in [0.05, 0.1) is 10.9 Å². The van der Waals surface area contributed by atoms with Gasteiger partial charge in [0.15, 0.2) is 0 Å². The minimum absolute atomic E-state index is 0.108. The van der Waals surface area contributed by atoms with E-state index < -0.39 is 5.82 Å². The van der Waals surface area contributed by atoms with Crippen LogP contribution in [-0.2, 0) is 4.79 Å². The third-order valence-corrected chi connectivity index (χ3v) is 4.26. The molecule has 2 fully saturated rings. The van der Waals surface area contributed by atoms with Crippen molar-refractivity contribution in [3.05, 3.63) is 29.0 Å². The first kappa shape index (κ1) is 13.6. The van der Waals surface area contributed by atoms with Crippen molar-refractivity contribution in [2.24, 2.45) is 5.92 Å². The van der Waals surface area contributed by atoms with Crippen LogP contribution >= 0.6 is 11.6 Å². The highest BCUT2D eigenvalue weighted by atomic mass is 35.5. The van der Waals surface area contributed by atoms with E-state index in [0.29, 0.717) is 6.54 Å². The number of carbonyl (C=O) groups excluding carboxylic acids is 1. The number of halogens is 2. The standard InChI is InChI=1S/C14H17ClFN3O/c15-12-2-1-11(5-13(12)16)19-4-3-10(8-19)18-14(20)9-6-17-7-9/h1-2,5,9-10,17H,3-4,6-8H2,(H,18,20). The van der Waals surface area contributed by atoms with E-state index in [4.69, 9.17) is 11.6 Å². The van der Waals surface area contributed by atoms with E-state index in [2.05, 4.69) is 15.5 Å². The molecule has 2 heterocycles. The van der Waals surface area contributed by atoms with Crippen molar-refractivity contribution >= 4 is 23.2 Å². The number of nitrogens with one attached hydrogen (secondary N) is 2. The summed E-state index contributed by atoms with van der Waals surface area (Å²) in [4.78, 5) is 13.9. The van der Waals surface area contributed by atoms with Crippen LogP contribution in [0.1, 0.15) is 6.42 Å². The van der Waals surface area contributed by atoms with Gasteiger partial charge in [0.25, 0.3) is 0 Å². The molecular formula is C14H17ClFN3O. The molecule has 0 aromatic heterocycles. The molecule has 0 saturated carbocycles. The molecule has 3 rings (SSSR count). The van der Waals surface area contributed by atoms with Gasteiger partial charge in [-0.3, -0.25) is 4.79 Å². The number of rotatable bonds is 3. The van der Waals surface area contributed by atoms with Crippen molar-refractivity contribution in [3.8, 4) is 0 Å². The molecule has 1 unspecified atom stereocenters. The molecule has 1 amide bonds. The summed E-state index contributed by atoms with van der Waals surface area (Å²) in [6.07, 6.45) is 0.885. The van der Waals surface area contributed by atoms with Gasteiger partial charge < -0.3 is 15.5 Å². The van der Waals surface area contributed by atoms with E-state index in [-0.39, 0.29) is 22.9 Å². The van der Waals surface area contributed by atoms with Crippen LogP contribution in [0, 0.1) is 11.7 Å². The lowest BCUT2D eigenvalue weighted by Gasteiger charge is -2.27. The third-order valence-electron chi connectivity index (χ3n) is 3.96. The third kappa shape index (κ3) is 2.74. The van der Waals surface area contributed by atoms with Crippen LogP contribution in [0.4, 0.5) is 10.1 Å². The Labute approximate surface area is 122 Å². The Bertz CT molecular complexity index is 521. The number of amides is 1. The summed E-state index contributed by atoms with van der Waals surface area (Å²) >= 11 is 5.69. The van der Waals surface area contributed by atoms with Gasteiger partial charge in [0.1, 0.15) is 5.82 Å². The summed E-state index contributed by atoms with van der Waals surface area (Å²) in [5, 5.41) is 6.29. The van der Waals surface area contributed by atoms with Gasteiger partial charge in [-0.25, -0.2) is 4.39 Å². The highest BCUT2D eigenvalue weighted by Gasteiger charge is 2.29. The summed E-state index contributed by atoms with van der Waals surface area (Å²) < 4.78 is 13.5. The molecule has 2 saturated heterocycles. The molecule has 0 bridgehead atoms. The van der Waals surface area contributed by atoms with E-state index >= 15 is 0 Å². The fourth-order valence-corrected chi connectivity index (χ4v) is 2.70. The van der Waals surface area contributed by atoms with Crippen molar-refractivity contribution < 1.29 is 9.18 Å². The Hall–Kier alpha value is -1.33. The van der Waals surface area contributed by atoms with Crippen LogP contribution < -0.4 is 15.5 Å². The van der Waals surface area contributed by atoms with Gasteiger partial charge in [0.2, 0.25) is 5.91 Å². The lowest BCUT2D eigenvalue weighted by molar-refractivity contribution is -0.127. The summed E-state index contributed by atoms with van der Waals surface area (Å²) in [5.41, 5.74) is 0.814. The normalized spacial score (nSPS) is 22.7. The number of carbonyl (C=O) groups is 1. The topological polar surface area (TPSA) is 44.4 Å². The Morgan fingerprint density at radius 1 is 1.45 bits per heavy atom. The van der Waals surface area contributed by atoms with Crippen LogP contribution in [-0.4, -0.2) is 38.1 Å². The molecule has 4 nitrogen and oxygen atoms in total. The molecule has 2 aliphatic heterocycles. The van der Waals surface area contributed by atoms with Crippen LogP contribution in [0.3, 0.4) is 0 Å². The van der Waals surface area contributed by atoms with E-state index in [1.54, 1.807) is 6.07 Å². The Morgan fingerprint density at radius 3 is 2.90 bits per heavy atom. The zero-order valence-electron chi connectivity index (χ0n) is 11.0. The first-order chi connectivity index (χ1) is 9.63. The molecule has 20 heavy (non-hydrogen) atoms. The van der Waals surface area contributed by atoms with Gasteiger partial charge in [-0.05, 0) is 24.6 Å². The highest BCUT2D eigenvalue weighted by Crippen LogP contribution is 2.25. The predicted octanol–water partition coefficient (Wildman–Crippen LogP) is 1.39. The molecule has 1 atom stereocenters. The number of nitrogens with zero attached hydrogens (tertiary/aromatic N) is 1. The largest absolute Gasteiger partial charge is 0.369 e. The molecule has 6 heteroatoms. The van der Waals surface area contributed by atoms with Crippen molar-refractivity contribution in [1.82, 2.24) is 10.6 Å². The molecule has 2 aliphatic rings. The molecule has 1 aromatic carbocycles. The second-order valence-electron chi connectivity index (χ2n) is 5.39. The lowest BCUT2D eigenvalue weighted by Crippen LogP contribution is -2.53. The minimum atomic E-state index is -0.405. The van der Waals surface area contributed by atoms with E-state index in [9.17, 15) is 9.18 Å². The van der Waals surface area contributed by atoms with Crippen molar-refractivity contribution in [3.63, 3.8) is 0 Å². The zero-order valence-corrected chi connectivity index (χ0v) is 11.8. The number of hydrogen-bond donors (Lipinski definition) is 2. The molecule has 108 valence electrons. The van der Waals surface area contributed by atoms with Crippen molar-refractivity contribution in [2.75, 3.05) is 31.1 Å². The maximum absolute atomic E-state index is 13.5. The molecule has 2 N–H and O–H groups in total. The van der Waals surface area contributed by atoms with Crippen LogP contribution in [0.2, 0.25) is 5.02 Å². The van der Waals surface area contributed by atoms with Crippen LogP contribution in [0.25, 0.3) is 0 Å². The van der Waals surface area contributed by atoms with Gasteiger partial charge in [-0.2, -0.15) is 0 Å². The molecule has 0 aliphatic carbocycles. The van der Waals surface area contributed by atoms with Gasteiger partial charge in [-0.1, -0.05) is 11.6 Å². The summed E-state index contributed by atoms with van der Waals surface area (Å²) in [5.74, 6) is -0.174. The lowest BCUT2D eigenvalue weighted by atomic mass is 10.0. The Morgan fingerprint density at radius 2 is 2.25 bits per heavy atom. The van der Waals surface area contributed by atoms with E-state index in [1.165, 1.54) is 6.07 Å². The summed E-state index contributed by atoms with van der Waals surface area (Å²) in [6, 6.07) is 4.97. The fourth-order valence-electron chi connectivity index (χ4n) is 2.59. The van der Waals surface area contributed by atoms with Gasteiger partial charge in [-0.15, -0.1) is 0 Å². The first-order valence-corrected chi connectivity index (χ1v) is 7.22. The zero-order chi connectivity index (χ0) is 14.1. The maximum Gasteiger partial charge on any atom is 0.225 e.